The van der Waals surface area contributed by atoms with Crippen molar-refractivity contribution in [2.45, 2.75) is 6.04 Å². The summed E-state index contributed by atoms with van der Waals surface area (Å²) >= 11 is 1.81. The van der Waals surface area contributed by atoms with Crippen molar-refractivity contribution in [1.82, 2.24) is 15.1 Å². The quantitative estimate of drug-likeness (QED) is 0.346. The molecule has 2 saturated heterocycles. The first-order chi connectivity index (χ1) is 14.7. The Balaban J connectivity index is 0.00000272. The molecule has 170 valence electrons. The monoisotopic (exact) mass is 559 g/mol. The number of rotatable bonds is 5. The summed E-state index contributed by atoms with van der Waals surface area (Å²) in [4.78, 5) is 13.0. The van der Waals surface area contributed by atoms with E-state index >= 15 is 0 Å². The maximum atomic E-state index is 13.2. The molecule has 3 heterocycles. The molecule has 0 radical (unpaired) electrons. The Labute approximate surface area is 205 Å². The van der Waals surface area contributed by atoms with Crippen LogP contribution in [0.4, 0.5) is 10.1 Å². The van der Waals surface area contributed by atoms with Gasteiger partial charge in [-0.25, -0.2) is 4.39 Å². The molecule has 9 heteroatoms. The molecule has 0 spiro atoms. The van der Waals surface area contributed by atoms with Gasteiger partial charge in [-0.15, -0.1) is 35.3 Å². The molecule has 1 unspecified atom stereocenters. The highest BCUT2D eigenvalue weighted by molar-refractivity contribution is 14.0. The number of aliphatic imine (C=N–C) groups is 1. The summed E-state index contributed by atoms with van der Waals surface area (Å²) in [5.74, 6) is 0.756. The second-order valence-electron chi connectivity index (χ2n) is 7.56. The standard InChI is InChI=1S/C22H30FN5OS.HI/c1-24-22(28-10-8-26(9-11-28)19-6-4-18(23)5-7-19)25-17-20(21-3-2-16-30-21)27-12-14-29-15-13-27;/h2-7,16,20H,8-15,17H2,1H3,(H,24,25);1H. The van der Waals surface area contributed by atoms with Crippen molar-refractivity contribution in [3.63, 3.8) is 0 Å². The van der Waals surface area contributed by atoms with Gasteiger partial charge in [-0.05, 0) is 35.7 Å². The van der Waals surface area contributed by atoms with E-state index < -0.39 is 0 Å². The zero-order chi connectivity index (χ0) is 20.8. The van der Waals surface area contributed by atoms with Crippen LogP contribution in [0, 0.1) is 5.82 Å². The van der Waals surface area contributed by atoms with E-state index in [1.165, 1.54) is 17.0 Å². The summed E-state index contributed by atoms with van der Waals surface area (Å²) in [5.41, 5.74) is 1.07. The third-order valence-electron chi connectivity index (χ3n) is 5.79. The van der Waals surface area contributed by atoms with E-state index in [4.69, 9.17) is 4.74 Å². The maximum absolute atomic E-state index is 13.2. The molecule has 31 heavy (non-hydrogen) atoms. The van der Waals surface area contributed by atoms with E-state index in [-0.39, 0.29) is 29.8 Å². The van der Waals surface area contributed by atoms with Crippen LogP contribution in [0.1, 0.15) is 10.9 Å². The minimum absolute atomic E-state index is 0. The highest BCUT2D eigenvalue weighted by atomic mass is 127. The fourth-order valence-electron chi connectivity index (χ4n) is 4.13. The third kappa shape index (κ3) is 6.30. The van der Waals surface area contributed by atoms with Gasteiger partial charge in [0.15, 0.2) is 5.96 Å². The van der Waals surface area contributed by atoms with Gasteiger partial charge in [0.05, 0.1) is 19.3 Å². The molecule has 2 fully saturated rings. The van der Waals surface area contributed by atoms with Gasteiger partial charge < -0.3 is 19.9 Å². The molecular formula is C22H31FIN5OS. The van der Waals surface area contributed by atoms with E-state index in [1.807, 2.05) is 30.5 Å². The van der Waals surface area contributed by atoms with Crippen molar-refractivity contribution in [3.8, 4) is 0 Å². The molecule has 4 rings (SSSR count). The minimum atomic E-state index is -0.192. The fraction of sp³-hybridized carbons (Fsp3) is 0.500. The Bertz CT molecular complexity index is 806. The number of piperazine rings is 1. The van der Waals surface area contributed by atoms with Gasteiger partial charge in [0.25, 0.3) is 0 Å². The van der Waals surface area contributed by atoms with Gasteiger partial charge >= 0.3 is 0 Å². The smallest absolute Gasteiger partial charge is 0.193 e. The van der Waals surface area contributed by atoms with Crippen LogP contribution in [-0.2, 0) is 4.74 Å². The van der Waals surface area contributed by atoms with Crippen LogP contribution in [-0.4, -0.2) is 81.8 Å². The lowest BCUT2D eigenvalue weighted by atomic mass is 10.2. The van der Waals surface area contributed by atoms with Crippen LogP contribution >= 0.6 is 35.3 Å². The molecule has 6 nitrogen and oxygen atoms in total. The zero-order valence-corrected chi connectivity index (χ0v) is 21.0. The average Bonchev–Trinajstić information content (AvgIpc) is 3.33. The van der Waals surface area contributed by atoms with E-state index in [0.29, 0.717) is 6.04 Å². The van der Waals surface area contributed by atoms with Crippen LogP contribution in [0.2, 0.25) is 0 Å². The van der Waals surface area contributed by atoms with Crippen LogP contribution < -0.4 is 10.2 Å². The Hall–Kier alpha value is -1.43. The molecule has 2 aromatic rings. The molecule has 0 bridgehead atoms. The van der Waals surface area contributed by atoms with Crippen LogP contribution in [0.25, 0.3) is 0 Å². The van der Waals surface area contributed by atoms with Gasteiger partial charge in [0, 0.05) is 63.4 Å². The number of guanidine groups is 1. The molecule has 2 aliphatic rings. The minimum Gasteiger partial charge on any atom is -0.379 e. The summed E-state index contributed by atoms with van der Waals surface area (Å²) in [6.45, 7) is 7.89. The molecule has 1 atom stereocenters. The SMILES string of the molecule is CN=C(NCC(c1cccs1)N1CCOCC1)N1CCN(c2ccc(F)cc2)CC1.I. The van der Waals surface area contributed by atoms with Crippen molar-refractivity contribution < 1.29 is 9.13 Å². The summed E-state index contributed by atoms with van der Waals surface area (Å²) < 4.78 is 18.7. The normalized spacial score (nSPS) is 19.1. The molecule has 0 amide bonds. The maximum Gasteiger partial charge on any atom is 0.193 e. The number of thiophene rings is 1. The van der Waals surface area contributed by atoms with E-state index in [0.717, 1.165) is 70.7 Å². The van der Waals surface area contributed by atoms with Crippen molar-refractivity contribution in [2.75, 3.05) is 71.0 Å². The van der Waals surface area contributed by atoms with Gasteiger partial charge in [-0.1, -0.05) is 6.07 Å². The first-order valence-corrected chi connectivity index (χ1v) is 11.4. The van der Waals surface area contributed by atoms with Crippen molar-refractivity contribution in [3.05, 3.63) is 52.5 Å². The van der Waals surface area contributed by atoms with Gasteiger partial charge in [-0.2, -0.15) is 0 Å². The van der Waals surface area contributed by atoms with Crippen LogP contribution in [0.5, 0.6) is 0 Å². The lowest BCUT2D eigenvalue weighted by Gasteiger charge is -2.39. The highest BCUT2D eigenvalue weighted by Gasteiger charge is 2.25. The molecule has 0 aliphatic carbocycles. The molecule has 1 aromatic heterocycles. The molecule has 1 N–H and O–H groups in total. The van der Waals surface area contributed by atoms with Crippen molar-refractivity contribution in [2.24, 2.45) is 4.99 Å². The molecule has 1 aromatic carbocycles. The Morgan fingerprint density at radius 1 is 1.10 bits per heavy atom. The summed E-state index contributed by atoms with van der Waals surface area (Å²) in [5, 5.41) is 5.76. The van der Waals surface area contributed by atoms with Crippen LogP contribution in [0.3, 0.4) is 0 Å². The highest BCUT2D eigenvalue weighted by Crippen LogP contribution is 2.25. The Morgan fingerprint density at radius 2 is 1.81 bits per heavy atom. The largest absolute Gasteiger partial charge is 0.379 e. The second-order valence-corrected chi connectivity index (χ2v) is 8.54. The van der Waals surface area contributed by atoms with Crippen LogP contribution in [0.15, 0.2) is 46.8 Å². The molecule has 0 saturated carbocycles. The van der Waals surface area contributed by atoms with Crippen molar-refractivity contribution in [1.29, 1.82) is 0 Å². The first-order valence-electron chi connectivity index (χ1n) is 10.6. The number of halogens is 2. The van der Waals surface area contributed by atoms with Crippen molar-refractivity contribution >= 4 is 47.0 Å². The number of ether oxygens (including phenoxy) is 1. The second kappa shape index (κ2) is 12.0. The number of morpholine rings is 1. The number of nitrogens with one attached hydrogen (secondary N) is 1. The van der Waals surface area contributed by atoms with Gasteiger partial charge in [0.1, 0.15) is 5.82 Å². The lowest BCUT2D eigenvalue weighted by molar-refractivity contribution is 0.0176. The van der Waals surface area contributed by atoms with E-state index in [1.54, 1.807) is 0 Å². The Morgan fingerprint density at radius 3 is 2.42 bits per heavy atom. The zero-order valence-electron chi connectivity index (χ0n) is 17.9. The number of hydrogen-bond acceptors (Lipinski definition) is 5. The molecular weight excluding hydrogens is 528 g/mol. The Kier molecular flexibility index (Phi) is 9.36. The fourth-order valence-corrected chi connectivity index (χ4v) is 4.99. The number of hydrogen-bond donors (Lipinski definition) is 1. The lowest BCUT2D eigenvalue weighted by Crippen LogP contribution is -2.54. The van der Waals surface area contributed by atoms with E-state index in [2.05, 4.69) is 42.5 Å². The third-order valence-corrected chi connectivity index (χ3v) is 6.77. The predicted octanol–water partition coefficient (Wildman–Crippen LogP) is 3.28. The summed E-state index contributed by atoms with van der Waals surface area (Å²) in [6.07, 6.45) is 0. The topological polar surface area (TPSA) is 43.3 Å². The van der Waals surface area contributed by atoms with Gasteiger partial charge in [0.2, 0.25) is 0 Å². The van der Waals surface area contributed by atoms with E-state index in [9.17, 15) is 4.39 Å². The number of nitrogens with zero attached hydrogens (tertiary/aromatic N) is 4. The summed E-state index contributed by atoms with van der Waals surface area (Å²) in [7, 11) is 1.85. The number of benzene rings is 1. The first kappa shape index (κ1) is 24.2. The predicted molar refractivity (Wildman–Crippen MR) is 136 cm³/mol. The average molecular weight is 559 g/mol. The summed E-state index contributed by atoms with van der Waals surface area (Å²) in [6, 6.07) is 11.4. The number of anilines is 1. The molecule has 2 aliphatic heterocycles. The van der Waals surface area contributed by atoms with Gasteiger partial charge in [-0.3, -0.25) is 9.89 Å².